The number of fused-ring (bicyclic) bond motifs is 5. The number of hydrogen-bond acceptors (Lipinski definition) is 3. The lowest BCUT2D eigenvalue weighted by Gasteiger charge is -2.60. The molecule has 0 aromatic rings. The zero-order valence-corrected chi connectivity index (χ0v) is 17.0. The van der Waals surface area contributed by atoms with Crippen molar-refractivity contribution in [3.8, 4) is 0 Å². The Morgan fingerprint density at radius 1 is 1.15 bits per heavy atom. The minimum atomic E-state index is -0.145. The summed E-state index contributed by atoms with van der Waals surface area (Å²) in [6.07, 6.45) is 9.92. The molecule has 0 saturated heterocycles. The summed E-state index contributed by atoms with van der Waals surface area (Å²) >= 11 is 6.66. The first-order chi connectivity index (χ1) is 12.3. The van der Waals surface area contributed by atoms with Crippen molar-refractivity contribution in [3.05, 3.63) is 10.6 Å². The van der Waals surface area contributed by atoms with Gasteiger partial charge in [-0.3, -0.25) is 9.59 Å². The molecule has 0 amide bonds. The molecular weight excluding hydrogens is 348 g/mol. The number of carbonyl (C=O) groups excluding carboxylic acids is 2. The highest BCUT2D eigenvalue weighted by Crippen LogP contribution is 2.67. The van der Waals surface area contributed by atoms with Crippen LogP contribution in [-0.4, -0.2) is 18.4 Å². The van der Waals surface area contributed by atoms with E-state index in [-0.39, 0.29) is 17.5 Å². The predicted molar refractivity (Wildman–Crippen MR) is 102 cm³/mol. The first kappa shape index (κ1) is 18.5. The molecule has 3 nitrogen and oxygen atoms in total. The summed E-state index contributed by atoms with van der Waals surface area (Å²) in [5.41, 5.74) is 1.21. The molecule has 0 heterocycles. The van der Waals surface area contributed by atoms with Crippen molar-refractivity contribution in [1.29, 1.82) is 0 Å². The molecule has 7 atom stereocenters. The minimum absolute atomic E-state index is 0.0110. The molecule has 144 valence electrons. The van der Waals surface area contributed by atoms with Gasteiger partial charge in [0.15, 0.2) is 0 Å². The van der Waals surface area contributed by atoms with Gasteiger partial charge in [0, 0.05) is 22.9 Å². The zero-order chi connectivity index (χ0) is 18.7. The van der Waals surface area contributed by atoms with E-state index in [4.69, 9.17) is 16.3 Å². The van der Waals surface area contributed by atoms with Gasteiger partial charge in [-0.1, -0.05) is 25.4 Å². The average molecular weight is 379 g/mol. The highest BCUT2D eigenvalue weighted by atomic mass is 35.5. The van der Waals surface area contributed by atoms with Gasteiger partial charge in [-0.2, -0.15) is 0 Å². The van der Waals surface area contributed by atoms with Gasteiger partial charge >= 0.3 is 5.97 Å². The van der Waals surface area contributed by atoms with E-state index in [0.717, 1.165) is 49.0 Å². The largest absolute Gasteiger partial charge is 0.463 e. The average Bonchev–Trinajstić information content (AvgIpc) is 2.86. The van der Waals surface area contributed by atoms with Crippen LogP contribution >= 0.6 is 11.6 Å². The third-order valence-electron chi connectivity index (χ3n) is 8.71. The van der Waals surface area contributed by atoms with E-state index < -0.39 is 0 Å². The van der Waals surface area contributed by atoms with E-state index in [9.17, 15) is 9.59 Å². The monoisotopic (exact) mass is 378 g/mol. The number of allylic oxidation sites excluding steroid dienone is 2. The van der Waals surface area contributed by atoms with Crippen molar-refractivity contribution in [3.63, 3.8) is 0 Å². The summed E-state index contributed by atoms with van der Waals surface area (Å²) < 4.78 is 5.55. The molecule has 0 aromatic carbocycles. The summed E-state index contributed by atoms with van der Waals surface area (Å²) in [5, 5.41) is 0.849. The van der Waals surface area contributed by atoms with Crippen molar-refractivity contribution < 1.29 is 14.3 Å². The second-order valence-corrected chi connectivity index (χ2v) is 10.2. The Morgan fingerprint density at radius 3 is 2.62 bits per heavy atom. The molecule has 4 aliphatic carbocycles. The molecule has 3 saturated carbocycles. The number of aldehydes is 1. The highest BCUT2D eigenvalue weighted by Gasteiger charge is 2.59. The Hall–Kier alpha value is -0.830. The molecule has 0 bridgehead atoms. The molecule has 0 N–H and O–H groups in total. The van der Waals surface area contributed by atoms with Crippen molar-refractivity contribution >= 4 is 23.9 Å². The van der Waals surface area contributed by atoms with Crippen molar-refractivity contribution in [2.24, 2.45) is 34.5 Å². The van der Waals surface area contributed by atoms with E-state index in [2.05, 4.69) is 13.8 Å². The lowest BCUT2D eigenvalue weighted by atomic mass is 9.45. The summed E-state index contributed by atoms with van der Waals surface area (Å²) in [4.78, 5) is 22.9. The Labute approximate surface area is 161 Å². The van der Waals surface area contributed by atoms with Gasteiger partial charge in [-0.05, 0) is 80.5 Å². The molecule has 4 heteroatoms. The fourth-order valence-electron chi connectivity index (χ4n) is 7.32. The standard InChI is InChI=1S/C22H31ClO3/c1-13(25)26-16-6-8-21(2)15(11-16)4-5-17-18(21)7-9-22(3)19(17)10-14(12-24)20(22)23/h12,15-19H,4-11H2,1-3H3/t15?,16-,17?,18?,19?,21+,22+/m1/s1. The van der Waals surface area contributed by atoms with Crippen LogP contribution in [0.2, 0.25) is 0 Å². The molecule has 4 unspecified atom stereocenters. The van der Waals surface area contributed by atoms with E-state index >= 15 is 0 Å². The zero-order valence-electron chi connectivity index (χ0n) is 16.2. The normalized spacial score (nSPS) is 47.6. The number of halogens is 1. The van der Waals surface area contributed by atoms with Crippen molar-refractivity contribution in [1.82, 2.24) is 0 Å². The number of carbonyl (C=O) groups is 2. The minimum Gasteiger partial charge on any atom is -0.463 e. The molecule has 0 spiro atoms. The maximum Gasteiger partial charge on any atom is 0.302 e. The molecular formula is C22H31ClO3. The second kappa shape index (κ2) is 6.36. The lowest BCUT2D eigenvalue weighted by Crippen LogP contribution is -2.53. The summed E-state index contributed by atoms with van der Waals surface area (Å²) in [6, 6.07) is 0. The van der Waals surface area contributed by atoms with Crippen LogP contribution in [0.3, 0.4) is 0 Å². The number of rotatable bonds is 2. The number of hydrogen-bond donors (Lipinski definition) is 0. The third kappa shape index (κ3) is 2.60. The quantitative estimate of drug-likeness (QED) is 0.486. The molecule has 26 heavy (non-hydrogen) atoms. The van der Waals surface area contributed by atoms with Gasteiger partial charge in [0.1, 0.15) is 12.4 Å². The number of ether oxygens (including phenoxy) is 1. The summed E-state index contributed by atoms with van der Waals surface area (Å²) in [5.74, 6) is 2.42. The molecule has 0 radical (unpaired) electrons. The van der Waals surface area contributed by atoms with Crippen LogP contribution in [0, 0.1) is 34.5 Å². The Morgan fingerprint density at radius 2 is 1.92 bits per heavy atom. The third-order valence-corrected chi connectivity index (χ3v) is 9.38. The molecule has 4 aliphatic rings. The van der Waals surface area contributed by atoms with Gasteiger partial charge in [-0.25, -0.2) is 0 Å². The summed E-state index contributed by atoms with van der Waals surface area (Å²) in [7, 11) is 0. The topological polar surface area (TPSA) is 43.4 Å². The van der Waals surface area contributed by atoms with E-state index in [1.54, 1.807) is 0 Å². The molecule has 0 aliphatic heterocycles. The Bertz CT molecular complexity index is 656. The fraction of sp³-hybridized carbons (Fsp3) is 0.818. The lowest BCUT2D eigenvalue weighted by molar-refractivity contribution is -0.158. The van der Waals surface area contributed by atoms with Gasteiger partial charge in [0.05, 0.1) is 0 Å². The maximum atomic E-state index is 11.5. The Kier molecular flexibility index (Phi) is 4.53. The van der Waals surface area contributed by atoms with E-state index in [1.807, 2.05) is 0 Å². The smallest absolute Gasteiger partial charge is 0.302 e. The maximum absolute atomic E-state index is 11.5. The van der Waals surface area contributed by atoms with Crippen LogP contribution in [-0.2, 0) is 14.3 Å². The van der Waals surface area contributed by atoms with Gasteiger partial charge in [0.2, 0.25) is 0 Å². The molecule has 4 rings (SSSR count). The number of esters is 1. The van der Waals surface area contributed by atoms with Crippen molar-refractivity contribution in [2.45, 2.75) is 78.2 Å². The fourth-order valence-corrected chi connectivity index (χ4v) is 7.68. The van der Waals surface area contributed by atoms with Crippen LogP contribution < -0.4 is 0 Å². The van der Waals surface area contributed by atoms with E-state index in [1.165, 1.54) is 26.2 Å². The molecule has 0 aromatic heterocycles. The molecule has 3 fully saturated rings. The Balaban J connectivity index is 1.56. The summed E-state index contributed by atoms with van der Waals surface area (Å²) in [6.45, 7) is 6.30. The SMILES string of the molecule is CC(=O)O[C@@H]1CC[C@@]2(C)C(CCC3C2CC[C@]2(C)C(Cl)=C(C=O)CC32)C1. The second-order valence-electron chi connectivity index (χ2n) is 9.78. The van der Waals surface area contributed by atoms with Gasteiger partial charge in [-0.15, -0.1) is 0 Å². The van der Waals surface area contributed by atoms with Crippen LogP contribution in [0.1, 0.15) is 72.1 Å². The highest BCUT2D eigenvalue weighted by molar-refractivity contribution is 6.32. The van der Waals surface area contributed by atoms with Gasteiger partial charge in [0.25, 0.3) is 0 Å². The predicted octanol–water partition coefficient (Wildman–Crippen LogP) is 5.26. The van der Waals surface area contributed by atoms with Gasteiger partial charge < -0.3 is 4.74 Å². The van der Waals surface area contributed by atoms with Crippen LogP contribution in [0.25, 0.3) is 0 Å². The van der Waals surface area contributed by atoms with Crippen molar-refractivity contribution in [2.75, 3.05) is 0 Å². The van der Waals surface area contributed by atoms with Crippen LogP contribution in [0.15, 0.2) is 10.6 Å². The van der Waals surface area contributed by atoms with Crippen LogP contribution in [0.5, 0.6) is 0 Å². The first-order valence-electron chi connectivity index (χ1n) is 10.3. The van der Waals surface area contributed by atoms with Crippen LogP contribution in [0.4, 0.5) is 0 Å². The van der Waals surface area contributed by atoms with E-state index in [0.29, 0.717) is 29.1 Å². The first-order valence-corrected chi connectivity index (χ1v) is 10.7.